The number of aliphatic hydroxyl groups excluding tert-OH is 1. The Hall–Kier alpha value is -1.55. The van der Waals surface area contributed by atoms with Crippen molar-refractivity contribution in [3.63, 3.8) is 0 Å². The molecule has 0 aromatic heterocycles. The number of aryl methyl sites for hydroxylation is 1. The Morgan fingerprint density at radius 2 is 1.90 bits per heavy atom. The summed E-state index contributed by atoms with van der Waals surface area (Å²) in [7, 11) is 0. The Labute approximate surface area is 121 Å². The van der Waals surface area contributed by atoms with Crippen LogP contribution in [-0.4, -0.2) is 23.8 Å². The van der Waals surface area contributed by atoms with Gasteiger partial charge in [0.05, 0.1) is 0 Å². The summed E-state index contributed by atoms with van der Waals surface area (Å²) in [5.74, 6) is 0.376. The maximum Gasteiger partial charge on any atom is 0.319 e. The number of carbonyl (C=O) groups is 1. The van der Waals surface area contributed by atoms with Crippen molar-refractivity contribution in [2.24, 2.45) is 5.92 Å². The predicted octanol–water partition coefficient (Wildman–Crippen LogP) is 3.26. The predicted molar refractivity (Wildman–Crippen MR) is 83.1 cm³/mol. The molecule has 0 saturated heterocycles. The Morgan fingerprint density at radius 3 is 2.45 bits per heavy atom. The van der Waals surface area contributed by atoms with Gasteiger partial charge in [-0.25, -0.2) is 4.79 Å². The third-order valence-electron chi connectivity index (χ3n) is 3.67. The van der Waals surface area contributed by atoms with Gasteiger partial charge in [-0.2, -0.15) is 0 Å². The average Bonchev–Trinajstić information content (AvgIpc) is 2.39. The summed E-state index contributed by atoms with van der Waals surface area (Å²) < 4.78 is 0. The zero-order chi connectivity index (χ0) is 15.3. The molecule has 0 radical (unpaired) electrons. The molecular formula is C16H26N2O2. The second kappa shape index (κ2) is 7.29. The van der Waals surface area contributed by atoms with E-state index in [0.29, 0.717) is 5.92 Å². The first-order chi connectivity index (χ1) is 9.36. The molecular weight excluding hydrogens is 252 g/mol. The first kappa shape index (κ1) is 16.5. The van der Waals surface area contributed by atoms with Crippen LogP contribution in [0.3, 0.4) is 0 Å². The first-order valence-electron chi connectivity index (χ1n) is 7.14. The van der Waals surface area contributed by atoms with Crippen molar-refractivity contribution in [3.05, 3.63) is 29.3 Å². The number of hydrogen-bond donors (Lipinski definition) is 3. The van der Waals surface area contributed by atoms with Crippen LogP contribution in [0.25, 0.3) is 0 Å². The summed E-state index contributed by atoms with van der Waals surface area (Å²) in [6, 6.07) is 5.72. The molecule has 0 fully saturated rings. The van der Waals surface area contributed by atoms with Crippen molar-refractivity contribution in [1.29, 1.82) is 0 Å². The normalized spacial score (nSPS) is 13.9. The Kier molecular flexibility index (Phi) is 6.02. The molecule has 0 aliphatic rings. The van der Waals surface area contributed by atoms with Crippen LogP contribution in [0.2, 0.25) is 0 Å². The van der Waals surface area contributed by atoms with E-state index in [1.807, 2.05) is 39.0 Å². The summed E-state index contributed by atoms with van der Waals surface area (Å²) in [6.07, 6.45) is 0. The van der Waals surface area contributed by atoms with Gasteiger partial charge in [-0.3, -0.25) is 0 Å². The molecule has 0 heterocycles. The number of nitrogens with one attached hydrogen (secondary N) is 2. The topological polar surface area (TPSA) is 61.4 Å². The van der Waals surface area contributed by atoms with E-state index in [2.05, 4.69) is 24.5 Å². The number of urea groups is 1. The van der Waals surface area contributed by atoms with Crippen LogP contribution in [0.5, 0.6) is 0 Å². The fourth-order valence-corrected chi connectivity index (χ4v) is 2.00. The molecule has 20 heavy (non-hydrogen) atoms. The van der Waals surface area contributed by atoms with Crippen LogP contribution in [0, 0.1) is 12.8 Å². The van der Waals surface area contributed by atoms with E-state index >= 15 is 0 Å². The van der Waals surface area contributed by atoms with Gasteiger partial charge < -0.3 is 15.7 Å². The second-order valence-corrected chi connectivity index (χ2v) is 5.74. The number of hydrogen-bond acceptors (Lipinski definition) is 2. The highest BCUT2D eigenvalue weighted by Crippen LogP contribution is 2.27. The SMILES string of the molecule is Cc1cccc(C(C)C)c1NC(=O)NC(C)C(C)CO. The molecule has 0 bridgehead atoms. The van der Waals surface area contributed by atoms with E-state index in [9.17, 15) is 4.79 Å². The maximum atomic E-state index is 12.1. The van der Waals surface area contributed by atoms with Crippen LogP contribution in [0.4, 0.5) is 10.5 Å². The Morgan fingerprint density at radius 1 is 1.25 bits per heavy atom. The molecule has 2 atom stereocenters. The lowest BCUT2D eigenvalue weighted by Crippen LogP contribution is -2.41. The van der Waals surface area contributed by atoms with E-state index in [4.69, 9.17) is 5.11 Å². The Balaban J connectivity index is 2.81. The summed E-state index contributed by atoms with van der Waals surface area (Å²) in [5.41, 5.74) is 3.06. The third kappa shape index (κ3) is 4.23. The van der Waals surface area contributed by atoms with Gasteiger partial charge in [-0.1, -0.05) is 39.0 Å². The molecule has 112 valence electrons. The fraction of sp³-hybridized carbons (Fsp3) is 0.562. The van der Waals surface area contributed by atoms with E-state index in [1.54, 1.807) is 0 Å². The summed E-state index contributed by atoms with van der Waals surface area (Å²) >= 11 is 0. The van der Waals surface area contributed by atoms with E-state index in [0.717, 1.165) is 16.8 Å². The number of aliphatic hydroxyl groups is 1. The molecule has 4 heteroatoms. The third-order valence-corrected chi connectivity index (χ3v) is 3.67. The number of benzene rings is 1. The Bertz CT molecular complexity index is 458. The average molecular weight is 278 g/mol. The van der Waals surface area contributed by atoms with Crippen LogP contribution in [0.15, 0.2) is 18.2 Å². The molecule has 0 aliphatic heterocycles. The molecule has 1 rings (SSSR count). The lowest BCUT2D eigenvalue weighted by atomic mass is 9.98. The molecule has 2 amide bonds. The highest BCUT2D eigenvalue weighted by atomic mass is 16.3. The lowest BCUT2D eigenvalue weighted by molar-refractivity contribution is 0.204. The van der Waals surface area contributed by atoms with Gasteiger partial charge >= 0.3 is 6.03 Å². The smallest absolute Gasteiger partial charge is 0.319 e. The van der Waals surface area contributed by atoms with Crippen LogP contribution < -0.4 is 10.6 Å². The largest absolute Gasteiger partial charge is 0.396 e. The molecule has 4 nitrogen and oxygen atoms in total. The van der Waals surface area contributed by atoms with Crippen molar-refractivity contribution < 1.29 is 9.90 Å². The van der Waals surface area contributed by atoms with Crippen molar-refractivity contribution in [3.8, 4) is 0 Å². The maximum absolute atomic E-state index is 12.1. The summed E-state index contributed by atoms with van der Waals surface area (Å²) in [6.45, 7) is 10.0. The monoisotopic (exact) mass is 278 g/mol. The van der Waals surface area contributed by atoms with Crippen LogP contribution >= 0.6 is 0 Å². The van der Waals surface area contributed by atoms with Gasteiger partial charge in [0.2, 0.25) is 0 Å². The number of amides is 2. The first-order valence-corrected chi connectivity index (χ1v) is 7.14. The van der Waals surface area contributed by atoms with E-state index in [-0.39, 0.29) is 24.6 Å². The highest BCUT2D eigenvalue weighted by Gasteiger charge is 2.16. The number of rotatable bonds is 5. The number of para-hydroxylation sites is 1. The summed E-state index contributed by atoms with van der Waals surface area (Å²) in [4.78, 5) is 12.1. The fourth-order valence-electron chi connectivity index (χ4n) is 2.00. The number of carbonyl (C=O) groups excluding carboxylic acids is 1. The quantitative estimate of drug-likeness (QED) is 0.774. The molecule has 0 spiro atoms. The van der Waals surface area contributed by atoms with Crippen LogP contribution in [-0.2, 0) is 0 Å². The lowest BCUT2D eigenvalue weighted by Gasteiger charge is -2.21. The molecule has 3 N–H and O–H groups in total. The zero-order valence-corrected chi connectivity index (χ0v) is 13.0. The van der Waals surface area contributed by atoms with Crippen molar-refractivity contribution in [2.75, 3.05) is 11.9 Å². The second-order valence-electron chi connectivity index (χ2n) is 5.74. The van der Waals surface area contributed by atoms with Gasteiger partial charge in [0, 0.05) is 18.3 Å². The van der Waals surface area contributed by atoms with Gasteiger partial charge in [0.25, 0.3) is 0 Å². The highest BCUT2D eigenvalue weighted by molar-refractivity contribution is 5.91. The molecule has 2 unspecified atom stereocenters. The van der Waals surface area contributed by atoms with E-state index < -0.39 is 0 Å². The summed E-state index contributed by atoms with van der Waals surface area (Å²) in [5, 5.41) is 14.9. The van der Waals surface area contributed by atoms with Crippen molar-refractivity contribution in [1.82, 2.24) is 5.32 Å². The molecule has 1 aromatic carbocycles. The molecule has 0 saturated carbocycles. The van der Waals surface area contributed by atoms with Gasteiger partial charge in [0.1, 0.15) is 0 Å². The zero-order valence-electron chi connectivity index (χ0n) is 13.0. The van der Waals surface area contributed by atoms with Gasteiger partial charge in [-0.05, 0) is 36.8 Å². The minimum absolute atomic E-state index is 0.0298. The minimum Gasteiger partial charge on any atom is -0.396 e. The number of anilines is 1. The van der Waals surface area contributed by atoms with Gasteiger partial charge in [-0.15, -0.1) is 0 Å². The minimum atomic E-state index is -0.228. The molecule has 0 aliphatic carbocycles. The van der Waals surface area contributed by atoms with Gasteiger partial charge in [0.15, 0.2) is 0 Å². The van der Waals surface area contributed by atoms with Crippen molar-refractivity contribution >= 4 is 11.7 Å². The van der Waals surface area contributed by atoms with Crippen LogP contribution in [0.1, 0.15) is 44.7 Å². The standard InChI is InChI=1S/C16H26N2O2/c1-10(2)14-8-6-7-11(3)15(14)18-16(20)17-13(5)12(4)9-19/h6-8,10,12-13,19H,9H2,1-5H3,(H2,17,18,20). The van der Waals surface area contributed by atoms with E-state index in [1.165, 1.54) is 0 Å². The molecule has 1 aromatic rings. The van der Waals surface area contributed by atoms with Crippen molar-refractivity contribution in [2.45, 2.75) is 46.6 Å².